The molecule has 0 saturated heterocycles. The van der Waals surface area contributed by atoms with Crippen LogP contribution in [0.25, 0.3) is 11.6 Å². The van der Waals surface area contributed by atoms with Crippen LogP contribution < -0.4 is 0 Å². The van der Waals surface area contributed by atoms with Crippen molar-refractivity contribution in [2.24, 2.45) is 5.92 Å². The molecule has 24 heavy (non-hydrogen) atoms. The van der Waals surface area contributed by atoms with Gasteiger partial charge in [0.15, 0.2) is 0 Å². The van der Waals surface area contributed by atoms with E-state index in [4.69, 9.17) is 0 Å². The molecule has 2 aromatic carbocycles. The molecule has 0 fully saturated rings. The van der Waals surface area contributed by atoms with Crippen molar-refractivity contribution in [3.05, 3.63) is 82.9 Å². The Labute approximate surface area is 139 Å². The minimum absolute atomic E-state index is 0.00408. The lowest BCUT2D eigenvalue weighted by molar-refractivity contribution is -0.133. The van der Waals surface area contributed by atoms with Crippen molar-refractivity contribution in [3.8, 4) is 0 Å². The maximum atomic E-state index is 13.3. The Balaban J connectivity index is 1.86. The summed E-state index contributed by atoms with van der Waals surface area (Å²) in [5.74, 6) is -0.330. The van der Waals surface area contributed by atoms with Gasteiger partial charge in [-0.15, -0.1) is 0 Å². The van der Waals surface area contributed by atoms with Crippen molar-refractivity contribution in [2.45, 2.75) is 5.41 Å². The largest absolute Gasteiger partial charge is 0.281 e. The van der Waals surface area contributed by atoms with Crippen molar-refractivity contribution in [3.63, 3.8) is 0 Å². The average molecular weight is 313 g/mol. The first kappa shape index (κ1) is 13.5. The Morgan fingerprint density at radius 2 is 1.79 bits per heavy atom. The molecule has 3 heteroatoms. The van der Waals surface area contributed by atoms with Crippen LogP contribution in [0.15, 0.2) is 60.7 Å². The SMILES string of the molecule is CN1C(=O)c2cccc3c2[C@@]2(C1=O)C(c1ccccc1)=C[C@H]2C=C3. The van der Waals surface area contributed by atoms with Gasteiger partial charge in [-0.2, -0.15) is 0 Å². The van der Waals surface area contributed by atoms with Crippen LogP contribution in [0.2, 0.25) is 0 Å². The van der Waals surface area contributed by atoms with Crippen LogP contribution in [-0.2, 0) is 10.2 Å². The summed E-state index contributed by atoms with van der Waals surface area (Å²) in [6.45, 7) is 0. The second-order valence-corrected chi connectivity index (χ2v) is 6.58. The van der Waals surface area contributed by atoms with E-state index in [0.29, 0.717) is 5.56 Å². The third kappa shape index (κ3) is 1.34. The van der Waals surface area contributed by atoms with Crippen molar-refractivity contribution in [1.82, 2.24) is 4.90 Å². The van der Waals surface area contributed by atoms with E-state index < -0.39 is 5.41 Å². The van der Waals surface area contributed by atoms with Gasteiger partial charge in [0.25, 0.3) is 5.91 Å². The predicted octanol–water partition coefficient (Wildman–Crippen LogP) is 3.28. The summed E-state index contributed by atoms with van der Waals surface area (Å²) in [5, 5.41) is 0. The molecule has 3 nitrogen and oxygen atoms in total. The summed E-state index contributed by atoms with van der Waals surface area (Å²) in [4.78, 5) is 27.2. The fourth-order valence-electron chi connectivity index (χ4n) is 4.40. The molecular weight excluding hydrogens is 298 g/mol. The number of likely N-dealkylation sites (N-methyl/N-ethyl adjacent to an activating group) is 1. The monoisotopic (exact) mass is 313 g/mol. The summed E-state index contributed by atoms with van der Waals surface area (Å²) < 4.78 is 0. The van der Waals surface area contributed by atoms with Crippen LogP contribution in [0, 0.1) is 5.92 Å². The fraction of sp³-hybridized carbons (Fsp3) is 0.143. The number of amides is 2. The highest BCUT2D eigenvalue weighted by Crippen LogP contribution is 2.59. The van der Waals surface area contributed by atoms with E-state index >= 15 is 0 Å². The molecule has 0 aromatic heterocycles. The first-order valence-corrected chi connectivity index (χ1v) is 8.07. The Morgan fingerprint density at radius 3 is 2.58 bits per heavy atom. The van der Waals surface area contributed by atoms with E-state index in [0.717, 1.165) is 22.3 Å². The summed E-state index contributed by atoms with van der Waals surface area (Å²) in [6.07, 6.45) is 6.26. The van der Waals surface area contributed by atoms with Gasteiger partial charge >= 0.3 is 0 Å². The van der Waals surface area contributed by atoms with Gasteiger partial charge in [0.1, 0.15) is 5.41 Å². The van der Waals surface area contributed by atoms with Crippen LogP contribution >= 0.6 is 0 Å². The van der Waals surface area contributed by atoms with Crippen molar-refractivity contribution in [2.75, 3.05) is 7.05 Å². The van der Waals surface area contributed by atoms with Crippen LogP contribution in [0.5, 0.6) is 0 Å². The first-order valence-electron chi connectivity index (χ1n) is 8.07. The highest BCUT2D eigenvalue weighted by Gasteiger charge is 2.61. The minimum atomic E-state index is -0.759. The molecule has 3 aliphatic rings. The average Bonchev–Trinajstić information content (AvgIpc) is 2.60. The zero-order valence-corrected chi connectivity index (χ0v) is 13.2. The molecule has 2 amide bonds. The molecule has 5 rings (SSSR count). The lowest BCUT2D eigenvalue weighted by Gasteiger charge is -2.53. The van der Waals surface area contributed by atoms with Crippen LogP contribution in [-0.4, -0.2) is 23.8 Å². The second-order valence-electron chi connectivity index (χ2n) is 6.58. The van der Waals surface area contributed by atoms with Gasteiger partial charge in [0, 0.05) is 18.5 Å². The van der Waals surface area contributed by atoms with Crippen molar-refractivity contribution in [1.29, 1.82) is 0 Å². The normalized spacial score (nSPS) is 26.5. The first-order chi connectivity index (χ1) is 11.7. The van der Waals surface area contributed by atoms with Gasteiger partial charge in [-0.1, -0.05) is 60.7 Å². The van der Waals surface area contributed by atoms with E-state index in [2.05, 4.69) is 12.2 Å². The molecule has 1 heterocycles. The lowest BCUT2D eigenvalue weighted by atomic mass is 9.50. The molecule has 2 aliphatic carbocycles. The number of hydrogen-bond acceptors (Lipinski definition) is 2. The smallest absolute Gasteiger partial charge is 0.260 e. The zero-order valence-electron chi connectivity index (χ0n) is 13.2. The Hall–Kier alpha value is -2.94. The van der Waals surface area contributed by atoms with Crippen LogP contribution in [0.1, 0.15) is 27.0 Å². The number of hydrogen-bond donors (Lipinski definition) is 0. The number of nitrogens with zero attached hydrogens (tertiary/aromatic N) is 1. The molecule has 0 saturated carbocycles. The van der Waals surface area contributed by atoms with E-state index in [1.165, 1.54) is 4.90 Å². The van der Waals surface area contributed by atoms with Gasteiger partial charge in [-0.25, -0.2) is 0 Å². The van der Waals surface area contributed by atoms with Gasteiger partial charge in [0.2, 0.25) is 5.91 Å². The van der Waals surface area contributed by atoms with E-state index in [1.54, 1.807) is 7.05 Å². The molecule has 0 N–H and O–H groups in total. The quantitative estimate of drug-likeness (QED) is 0.758. The van der Waals surface area contributed by atoms with Gasteiger partial charge < -0.3 is 0 Å². The number of rotatable bonds is 1. The Kier molecular flexibility index (Phi) is 2.43. The van der Waals surface area contributed by atoms with Gasteiger partial charge in [-0.3, -0.25) is 14.5 Å². The highest BCUT2D eigenvalue weighted by molar-refractivity contribution is 6.21. The molecule has 2 aromatic rings. The molecule has 0 radical (unpaired) electrons. The second kappa shape index (κ2) is 4.32. The summed E-state index contributed by atoms with van der Waals surface area (Å²) in [6, 6.07) is 15.7. The Bertz CT molecular complexity index is 971. The zero-order chi connectivity index (χ0) is 16.5. The maximum Gasteiger partial charge on any atom is 0.260 e. The molecule has 0 bridgehead atoms. The molecule has 2 atom stereocenters. The summed E-state index contributed by atoms with van der Waals surface area (Å²) in [7, 11) is 1.59. The van der Waals surface area contributed by atoms with Crippen molar-refractivity contribution < 1.29 is 9.59 Å². The van der Waals surface area contributed by atoms with E-state index in [1.807, 2.05) is 54.6 Å². The molecule has 0 unspecified atom stereocenters. The minimum Gasteiger partial charge on any atom is -0.281 e. The number of benzene rings is 2. The van der Waals surface area contributed by atoms with Gasteiger partial charge in [-0.05, 0) is 28.3 Å². The summed E-state index contributed by atoms with van der Waals surface area (Å²) >= 11 is 0. The topological polar surface area (TPSA) is 37.4 Å². The van der Waals surface area contributed by atoms with Crippen molar-refractivity contribution >= 4 is 23.5 Å². The number of carbonyl (C=O) groups excluding carboxylic acids is 2. The lowest BCUT2D eigenvalue weighted by Crippen LogP contribution is -2.60. The third-order valence-corrected chi connectivity index (χ3v) is 5.51. The van der Waals surface area contributed by atoms with Crippen LogP contribution in [0.3, 0.4) is 0 Å². The standard InChI is InChI=1S/C21H15NO2/c1-22-19(23)16-9-5-8-14-10-11-15-12-17(13-6-3-2-4-7-13)21(15,18(14)16)20(22)24/h2-12,15H,1H3/t15-,21+/m1/s1. The predicted molar refractivity (Wildman–Crippen MR) is 92.2 cm³/mol. The number of carbonyl (C=O) groups is 2. The summed E-state index contributed by atoms with van der Waals surface area (Å²) in [5.41, 5.74) is 3.79. The van der Waals surface area contributed by atoms with Gasteiger partial charge in [0.05, 0.1) is 0 Å². The maximum absolute atomic E-state index is 13.3. The highest BCUT2D eigenvalue weighted by atomic mass is 16.2. The molecule has 116 valence electrons. The fourth-order valence-corrected chi connectivity index (χ4v) is 4.40. The molecular formula is C21H15NO2. The van der Waals surface area contributed by atoms with E-state index in [9.17, 15) is 9.59 Å². The number of imide groups is 1. The molecule has 1 spiro atoms. The third-order valence-electron chi connectivity index (χ3n) is 5.51. The van der Waals surface area contributed by atoms with Crippen LogP contribution in [0.4, 0.5) is 0 Å². The molecule has 1 aliphatic heterocycles. The Morgan fingerprint density at radius 1 is 1.00 bits per heavy atom. The van der Waals surface area contributed by atoms with E-state index in [-0.39, 0.29) is 17.7 Å². The number of allylic oxidation sites excluding steroid dienone is 2.